The third-order valence-corrected chi connectivity index (χ3v) is 3.50. The fourth-order valence-corrected chi connectivity index (χ4v) is 2.52. The molecule has 0 aliphatic carbocycles. The minimum absolute atomic E-state index is 0.492. The zero-order valence-corrected chi connectivity index (χ0v) is 14.1. The monoisotopic (exact) mass is 324 g/mol. The van der Waals surface area contributed by atoms with Gasteiger partial charge in [-0.05, 0) is 32.4 Å². The van der Waals surface area contributed by atoms with Crippen molar-refractivity contribution in [3.05, 3.63) is 48.2 Å². The van der Waals surface area contributed by atoms with Gasteiger partial charge in [-0.1, -0.05) is 30.3 Å². The number of nitrogens with zero attached hydrogens (tertiary/aromatic N) is 4. The van der Waals surface area contributed by atoms with Crippen molar-refractivity contribution in [2.75, 3.05) is 13.2 Å². The van der Waals surface area contributed by atoms with E-state index in [9.17, 15) is 0 Å². The Morgan fingerprint density at radius 1 is 0.917 bits per heavy atom. The van der Waals surface area contributed by atoms with Gasteiger partial charge >= 0.3 is 0 Å². The summed E-state index contributed by atoms with van der Waals surface area (Å²) in [4.78, 5) is 0. The molecule has 124 valence electrons. The summed E-state index contributed by atoms with van der Waals surface area (Å²) in [6, 6.07) is 13.7. The first-order chi connectivity index (χ1) is 11.7. The van der Waals surface area contributed by atoms with E-state index in [1.807, 2.05) is 57.2 Å². The van der Waals surface area contributed by atoms with E-state index in [4.69, 9.17) is 9.47 Å². The van der Waals surface area contributed by atoms with Crippen LogP contribution in [0.15, 0.2) is 42.5 Å². The second-order valence-corrected chi connectivity index (χ2v) is 5.14. The van der Waals surface area contributed by atoms with Gasteiger partial charge in [-0.15, -0.1) is 10.2 Å². The average molecular weight is 324 g/mol. The number of aryl methyl sites for hydroxylation is 1. The molecule has 0 aliphatic rings. The smallest absolute Gasteiger partial charge is 0.233 e. The van der Waals surface area contributed by atoms with Crippen molar-refractivity contribution >= 4 is 0 Å². The molecule has 0 N–H and O–H groups in total. The minimum atomic E-state index is 0.492. The van der Waals surface area contributed by atoms with Crippen LogP contribution in [0.2, 0.25) is 0 Å². The molecular weight excluding hydrogens is 304 g/mol. The summed E-state index contributed by atoms with van der Waals surface area (Å²) in [7, 11) is 0. The van der Waals surface area contributed by atoms with Crippen LogP contribution in [0.3, 0.4) is 0 Å². The first-order valence-electron chi connectivity index (χ1n) is 7.99. The molecule has 6 heteroatoms. The van der Waals surface area contributed by atoms with Gasteiger partial charge in [0.15, 0.2) is 5.82 Å². The SMILES string of the molecule is CCOc1ccc(-n2nc(C)c(-c3ccccc3)c2OCC)nn1. The van der Waals surface area contributed by atoms with Crippen LogP contribution in [0.25, 0.3) is 16.9 Å². The number of hydrogen-bond acceptors (Lipinski definition) is 5. The van der Waals surface area contributed by atoms with E-state index in [0.29, 0.717) is 30.8 Å². The lowest BCUT2D eigenvalue weighted by atomic mass is 10.1. The van der Waals surface area contributed by atoms with Crippen LogP contribution in [-0.2, 0) is 0 Å². The summed E-state index contributed by atoms with van der Waals surface area (Å²) in [5.74, 6) is 1.75. The lowest BCUT2D eigenvalue weighted by Crippen LogP contribution is -2.06. The molecule has 6 nitrogen and oxygen atoms in total. The Morgan fingerprint density at radius 2 is 1.67 bits per heavy atom. The molecule has 0 spiro atoms. The number of rotatable bonds is 6. The van der Waals surface area contributed by atoms with Gasteiger partial charge in [0, 0.05) is 6.07 Å². The largest absolute Gasteiger partial charge is 0.477 e. The van der Waals surface area contributed by atoms with Gasteiger partial charge in [0.05, 0.1) is 24.5 Å². The first-order valence-corrected chi connectivity index (χ1v) is 7.99. The number of benzene rings is 1. The normalized spacial score (nSPS) is 10.6. The highest BCUT2D eigenvalue weighted by Gasteiger charge is 2.20. The number of hydrogen-bond donors (Lipinski definition) is 0. The van der Waals surface area contributed by atoms with Crippen LogP contribution in [0.4, 0.5) is 0 Å². The Hall–Kier alpha value is -2.89. The molecule has 3 rings (SSSR count). The quantitative estimate of drug-likeness (QED) is 0.695. The van der Waals surface area contributed by atoms with Crippen LogP contribution in [0, 0.1) is 6.92 Å². The highest BCUT2D eigenvalue weighted by molar-refractivity contribution is 5.72. The number of ether oxygens (including phenoxy) is 2. The predicted octanol–water partition coefficient (Wildman–Crippen LogP) is 3.44. The van der Waals surface area contributed by atoms with Crippen molar-refractivity contribution in [1.29, 1.82) is 0 Å². The second-order valence-electron chi connectivity index (χ2n) is 5.14. The van der Waals surface area contributed by atoms with E-state index >= 15 is 0 Å². The molecule has 24 heavy (non-hydrogen) atoms. The van der Waals surface area contributed by atoms with Crippen LogP contribution < -0.4 is 9.47 Å². The molecule has 0 saturated heterocycles. The Balaban J connectivity index is 2.08. The molecule has 0 radical (unpaired) electrons. The molecule has 2 heterocycles. The summed E-state index contributed by atoms with van der Waals surface area (Å²) in [6.07, 6.45) is 0. The van der Waals surface area contributed by atoms with Crippen molar-refractivity contribution in [1.82, 2.24) is 20.0 Å². The van der Waals surface area contributed by atoms with Gasteiger partial charge in [0.1, 0.15) is 0 Å². The van der Waals surface area contributed by atoms with Crippen LogP contribution in [0.5, 0.6) is 11.8 Å². The molecule has 0 amide bonds. The first kappa shape index (κ1) is 16.0. The van der Waals surface area contributed by atoms with Gasteiger partial charge in [-0.2, -0.15) is 9.78 Å². The minimum Gasteiger partial charge on any atom is -0.477 e. The van der Waals surface area contributed by atoms with Gasteiger partial charge in [0.25, 0.3) is 0 Å². The Morgan fingerprint density at radius 3 is 2.29 bits per heavy atom. The molecule has 0 fully saturated rings. The topological polar surface area (TPSA) is 62.1 Å². The third kappa shape index (κ3) is 3.08. The lowest BCUT2D eigenvalue weighted by molar-refractivity contribution is 0.314. The molecule has 1 aromatic carbocycles. The summed E-state index contributed by atoms with van der Waals surface area (Å²) in [6.45, 7) is 6.91. The summed E-state index contributed by atoms with van der Waals surface area (Å²) in [5, 5.41) is 12.9. The zero-order chi connectivity index (χ0) is 16.9. The van der Waals surface area contributed by atoms with Crippen molar-refractivity contribution in [3.63, 3.8) is 0 Å². The summed E-state index contributed by atoms with van der Waals surface area (Å²) < 4.78 is 12.9. The summed E-state index contributed by atoms with van der Waals surface area (Å²) in [5.41, 5.74) is 2.90. The maximum atomic E-state index is 5.88. The van der Waals surface area contributed by atoms with Gasteiger partial charge < -0.3 is 9.47 Å². The molecule has 3 aromatic rings. The molecule has 2 aromatic heterocycles. The summed E-state index contributed by atoms with van der Waals surface area (Å²) >= 11 is 0. The maximum absolute atomic E-state index is 5.88. The Bertz CT molecular complexity index is 798. The van der Waals surface area contributed by atoms with Gasteiger partial charge in [-0.25, -0.2) is 0 Å². The maximum Gasteiger partial charge on any atom is 0.233 e. The van der Waals surface area contributed by atoms with Gasteiger partial charge in [0.2, 0.25) is 11.8 Å². The third-order valence-electron chi connectivity index (χ3n) is 3.50. The van der Waals surface area contributed by atoms with Crippen LogP contribution in [-0.4, -0.2) is 33.2 Å². The van der Waals surface area contributed by atoms with Crippen molar-refractivity contribution in [2.45, 2.75) is 20.8 Å². The van der Waals surface area contributed by atoms with Crippen molar-refractivity contribution in [3.8, 4) is 28.7 Å². The highest BCUT2D eigenvalue weighted by Crippen LogP contribution is 2.34. The van der Waals surface area contributed by atoms with Crippen molar-refractivity contribution < 1.29 is 9.47 Å². The van der Waals surface area contributed by atoms with Crippen LogP contribution in [0.1, 0.15) is 19.5 Å². The van der Waals surface area contributed by atoms with E-state index in [1.165, 1.54) is 0 Å². The molecule has 0 saturated carbocycles. The highest BCUT2D eigenvalue weighted by atomic mass is 16.5. The molecule has 0 unspecified atom stereocenters. The zero-order valence-electron chi connectivity index (χ0n) is 14.1. The molecule has 0 aliphatic heterocycles. The predicted molar refractivity (Wildman–Crippen MR) is 91.7 cm³/mol. The lowest BCUT2D eigenvalue weighted by Gasteiger charge is -2.09. The Labute approximate surface area is 141 Å². The van der Waals surface area contributed by atoms with E-state index in [0.717, 1.165) is 16.8 Å². The molecule has 0 atom stereocenters. The van der Waals surface area contributed by atoms with E-state index in [1.54, 1.807) is 10.7 Å². The van der Waals surface area contributed by atoms with E-state index in [2.05, 4.69) is 15.3 Å². The molecular formula is C18H20N4O2. The average Bonchev–Trinajstić information content (AvgIpc) is 2.93. The standard InChI is InChI=1S/C18H20N4O2/c1-4-23-16-12-11-15(19-20-16)22-18(24-5-2)17(13(3)21-22)14-9-7-6-8-10-14/h6-12H,4-5H2,1-3H3. The van der Waals surface area contributed by atoms with E-state index < -0.39 is 0 Å². The van der Waals surface area contributed by atoms with Gasteiger partial charge in [-0.3, -0.25) is 0 Å². The molecule has 0 bridgehead atoms. The Kier molecular flexibility index (Phi) is 4.74. The van der Waals surface area contributed by atoms with Crippen molar-refractivity contribution in [2.24, 2.45) is 0 Å². The number of aromatic nitrogens is 4. The van der Waals surface area contributed by atoms with E-state index in [-0.39, 0.29) is 0 Å². The second kappa shape index (κ2) is 7.12. The fraction of sp³-hybridized carbons (Fsp3) is 0.278. The van der Waals surface area contributed by atoms with Crippen LogP contribution >= 0.6 is 0 Å². The fourth-order valence-electron chi connectivity index (χ4n) is 2.52.